The fourth-order valence-electron chi connectivity index (χ4n) is 8.28. The minimum Gasteiger partial charge on any atom is -0.507 e. The van der Waals surface area contributed by atoms with E-state index in [1.165, 1.54) is 38.1 Å². The lowest BCUT2D eigenvalue weighted by Gasteiger charge is -2.46. The molecule has 12 heteroatoms. The number of carbonyl (C=O) groups excluding carboxylic acids is 3. The number of carbonyl (C=O) groups is 3. The first-order valence-electron chi connectivity index (χ1n) is 15.1. The highest BCUT2D eigenvalue weighted by molar-refractivity contribution is 6.30. The van der Waals surface area contributed by atoms with Crippen molar-refractivity contribution < 1.29 is 49.0 Å². The maximum Gasteiger partial charge on any atom is 0.198 e. The molecular weight excluding hydrogens is 584 g/mol. The molecular formula is C33H32N2O10. The number of aromatic hydroxyl groups is 2. The average molecular weight is 617 g/mol. The van der Waals surface area contributed by atoms with Crippen LogP contribution in [0.3, 0.4) is 0 Å². The van der Waals surface area contributed by atoms with Crippen molar-refractivity contribution in [3.63, 3.8) is 0 Å². The van der Waals surface area contributed by atoms with Gasteiger partial charge in [-0.2, -0.15) is 0 Å². The molecule has 4 aliphatic heterocycles. The van der Waals surface area contributed by atoms with Gasteiger partial charge in [0.1, 0.15) is 23.4 Å². The highest BCUT2D eigenvalue weighted by atomic mass is 16.7. The fraction of sp³-hybridized carbons (Fsp3) is 0.455. The zero-order valence-corrected chi connectivity index (χ0v) is 24.8. The Labute approximate surface area is 257 Å². The molecule has 0 aromatic heterocycles. The van der Waals surface area contributed by atoms with Gasteiger partial charge in [0.15, 0.2) is 35.0 Å². The molecule has 1 spiro atoms. The van der Waals surface area contributed by atoms with Crippen molar-refractivity contribution in [1.82, 2.24) is 5.32 Å². The number of rotatable bonds is 3. The molecule has 4 heterocycles. The van der Waals surface area contributed by atoms with Gasteiger partial charge < -0.3 is 40.0 Å². The van der Waals surface area contributed by atoms with Crippen LogP contribution in [0.15, 0.2) is 40.9 Å². The van der Waals surface area contributed by atoms with E-state index in [-0.39, 0.29) is 40.2 Å². The van der Waals surface area contributed by atoms with E-state index >= 15 is 0 Å². The van der Waals surface area contributed by atoms with E-state index in [0.717, 1.165) is 12.0 Å². The minimum absolute atomic E-state index is 0.00452. The molecule has 2 aliphatic carbocycles. The Morgan fingerprint density at radius 1 is 1.16 bits per heavy atom. The van der Waals surface area contributed by atoms with Crippen molar-refractivity contribution in [2.75, 3.05) is 6.54 Å². The summed E-state index contributed by atoms with van der Waals surface area (Å²) >= 11 is 0. The first kappa shape index (κ1) is 28.5. The maximum atomic E-state index is 13.8. The number of hydrogen-bond acceptors (Lipinski definition) is 12. The standard InChI is InChI=1S/C33H32N2O10/c1-13(36)33(42)14(2)43-22(10-21(33)38)44-29-18-9-17-25(26(39)16-5-4-6-20(37)24(16)27(17)40)28(41)23(18)19-12-31(29,3)45-32(19)11-15-7-8-34-30(15)35-32/h4-6,9,11,14,19,21-22,29,37-38,41-42H,7-8,10,12H2,1-3H3,(H,34,35)/t14-,19+,21-,22+,29-,31-,32-,33-/m1/s1. The number of hydrogen-bond donors (Lipinski definition) is 5. The van der Waals surface area contributed by atoms with E-state index in [4.69, 9.17) is 14.2 Å². The monoisotopic (exact) mass is 616 g/mol. The van der Waals surface area contributed by atoms with Crippen LogP contribution in [0.4, 0.5) is 0 Å². The van der Waals surface area contributed by atoms with Crippen LogP contribution in [-0.4, -0.2) is 85.6 Å². The highest BCUT2D eigenvalue weighted by Crippen LogP contribution is 2.63. The van der Waals surface area contributed by atoms with Crippen LogP contribution < -0.4 is 5.32 Å². The molecule has 6 aliphatic rings. The number of aliphatic hydroxyl groups excluding tert-OH is 1. The number of fused-ring (bicyclic) bond motifs is 8. The van der Waals surface area contributed by atoms with Gasteiger partial charge in [0.2, 0.25) is 0 Å². The fourth-order valence-corrected chi connectivity index (χ4v) is 8.28. The second-order valence-electron chi connectivity index (χ2n) is 13.1. The Hall–Kier alpha value is -3.94. The largest absolute Gasteiger partial charge is 0.507 e. The van der Waals surface area contributed by atoms with Crippen LogP contribution in [0.2, 0.25) is 0 Å². The van der Waals surface area contributed by atoms with Crippen LogP contribution in [-0.2, 0) is 19.0 Å². The Balaban J connectivity index is 1.29. The second kappa shape index (κ2) is 9.08. The molecule has 45 heavy (non-hydrogen) atoms. The van der Waals surface area contributed by atoms with E-state index in [1.807, 2.05) is 13.0 Å². The van der Waals surface area contributed by atoms with Crippen molar-refractivity contribution in [3.05, 3.63) is 69.3 Å². The number of aliphatic hydroxyl groups is 2. The molecule has 0 amide bonds. The van der Waals surface area contributed by atoms with Crippen molar-refractivity contribution in [3.8, 4) is 11.5 Å². The third-order valence-electron chi connectivity index (χ3n) is 10.5. The maximum absolute atomic E-state index is 13.8. The van der Waals surface area contributed by atoms with E-state index in [1.54, 1.807) is 0 Å². The highest BCUT2D eigenvalue weighted by Gasteiger charge is 2.65. The van der Waals surface area contributed by atoms with Crippen LogP contribution in [0.5, 0.6) is 11.5 Å². The Bertz CT molecular complexity index is 1800. The van der Waals surface area contributed by atoms with E-state index in [9.17, 15) is 34.8 Å². The molecule has 2 saturated heterocycles. The van der Waals surface area contributed by atoms with E-state index in [0.29, 0.717) is 29.9 Å². The zero-order valence-electron chi connectivity index (χ0n) is 24.8. The molecule has 0 unspecified atom stereocenters. The molecule has 2 bridgehead atoms. The predicted molar refractivity (Wildman–Crippen MR) is 155 cm³/mol. The summed E-state index contributed by atoms with van der Waals surface area (Å²) in [5.74, 6) is -2.39. The van der Waals surface area contributed by atoms with Crippen molar-refractivity contribution in [2.24, 2.45) is 4.99 Å². The van der Waals surface area contributed by atoms with Gasteiger partial charge in [-0.15, -0.1) is 0 Å². The number of amidine groups is 1. The van der Waals surface area contributed by atoms with Gasteiger partial charge in [-0.25, -0.2) is 0 Å². The molecule has 2 fully saturated rings. The first-order valence-corrected chi connectivity index (χ1v) is 15.1. The lowest BCUT2D eigenvalue weighted by molar-refractivity contribution is -0.301. The zero-order chi connectivity index (χ0) is 31.8. The van der Waals surface area contributed by atoms with Gasteiger partial charge in [0.05, 0.1) is 28.9 Å². The topological polar surface area (TPSA) is 184 Å². The number of ether oxygens (including phenoxy) is 3. The SMILES string of the molecule is CC(=O)[C@]1(O)[C@H](O)C[C@H](O[C@@H]2c3cc4c(c(O)c3[C@@H]3C[C@@]2(C)O[C@]32C=C3CCN=C3N2)C(=O)c2cccc(O)c2C4=O)O[C@@H]1C. The van der Waals surface area contributed by atoms with E-state index < -0.39 is 64.8 Å². The number of aliphatic imine (C=N–C) groups is 1. The Morgan fingerprint density at radius 2 is 1.91 bits per heavy atom. The molecule has 12 nitrogen and oxygen atoms in total. The molecule has 0 radical (unpaired) electrons. The summed E-state index contributed by atoms with van der Waals surface area (Å²) in [7, 11) is 0. The summed E-state index contributed by atoms with van der Waals surface area (Å²) < 4.78 is 19.3. The number of benzene rings is 2. The molecule has 2 aromatic carbocycles. The van der Waals surface area contributed by atoms with Crippen LogP contribution in [0.25, 0.3) is 0 Å². The smallest absolute Gasteiger partial charge is 0.198 e. The quantitative estimate of drug-likeness (QED) is 0.290. The van der Waals surface area contributed by atoms with Crippen molar-refractivity contribution in [1.29, 1.82) is 0 Å². The minimum atomic E-state index is -2.12. The van der Waals surface area contributed by atoms with Crippen LogP contribution in [0, 0.1) is 0 Å². The number of phenols is 2. The van der Waals surface area contributed by atoms with Gasteiger partial charge in [-0.1, -0.05) is 12.1 Å². The predicted octanol–water partition coefficient (Wildman–Crippen LogP) is 2.05. The number of phenolic OH excluding ortho intramolecular Hbond substituents is 2. The first-order chi connectivity index (χ1) is 21.3. The molecule has 0 saturated carbocycles. The van der Waals surface area contributed by atoms with Gasteiger partial charge in [0, 0.05) is 35.6 Å². The molecule has 8 rings (SSSR count). The Morgan fingerprint density at radius 3 is 2.62 bits per heavy atom. The third-order valence-corrected chi connectivity index (χ3v) is 10.5. The lowest BCUT2D eigenvalue weighted by atomic mass is 9.69. The molecule has 5 N–H and O–H groups in total. The number of ketones is 3. The normalized spacial score (nSPS) is 37.4. The summed E-state index contributed by atoms with van der Waals surface area (Å²) in [5.41, 5.74) is -2.98. The summed E-state index contributed by atoms with van der Waals surface area (Å²) in [6.45, 7) is 5.13. The second-order valence-corrected chi connectivity index (χ2v) is 13.1. The number of nitrogens with one attached hydrogen (secondary N) is 1. The number of Topliss-reactive ketones (excluding diaryl/α,β-unsaturated/α-hetero) is 1. The molecule has 2 aromatic rings. The van der Waals surface area contributed by atoms with E-state index in [2.05, 4.69) is 10.3 Å². The summed E-state index contributed by atoms with van der Waals surface area (Å²) in [5, 5.41) is 47.7. The lowest BCUT2D eigenvalue weighted by Crippen LogP contribution is -2.62. The van der Waals surface area contributed by atoms with Crippen LogP contribution >= 0.6 is 0 Å². The summed E-state index contributed by atoms with van der Waals surface area (Å²) in [6, 6.07) is 5.76. The van der Waals surface area contributed by atoms with Gasteiger partial charge >= 0.3 is 0 Å². The number of nitrogens with zero attached hydrogens (tertiary/aromatic N) is 1. The Kier molecular flexibility index (Phi) is 5.75. The van der Waals surface area contributed by atoms with Crippen molar-refractivity contribution in [2.45, 2.75) is 87.5 Å². The molecule has 234 valence electrons. The molecule has 8 atom stereocenters. The average Bonchev–Trinajstić information content (AvgIpc) is 3.62. The van der Waals surface area contributed by atoms with Gasteiger partial charge in [0.25, 0.3) is 0 Å². The van der Waals surface area contributed by atoms with Gasteiger partial charge in [-0.3, -0.25) is 19.4 Å². The van der Waals surface area contributed by atoms with Gasteiger partial charge in [-0.05, 0) is 63.0 Å². The van der Waals surface area contributed by atoms with Crippen molar-refractivity contribution >= 4 is 23.2 Å². The summed E-state index contributed by atoms with van der Waals surface area (Å²) in [6.07, 6.45) is -1.93. The van der Waals surface area contributed by atoms with Crippen LogP contribution in [0.1, 0.15) is 95.0 Å². The third kappa shape index (κ3) is 3.59. The summed E-state index contributed by atoms with van der Waals surface area (Å²) in [4.78, 5) is 44.4.